The van der Waals surface area contributed by atoms with Crippen molar-refractivity contribution in [2.45, 2.75) is 26.3 Å². The quantitative estimate of drug-likeness (QED) is 0.904. The molecule has 1 N–H and O–H groups in total. The van der Waals surface area contributed by atoms with Gasteiger partial charge in [-0.25, -0.2) is 8.42 Å². The Bertz CT molecular complexity index is 585. The van der Waals surface area contributed by atoms with Crippen LogP contribution in [0.2, 0.25) is 0 Å². The summed E-state index contributed by atoms with van der Waals surface area (Å²) in [5.41, 5.74) is -0.0709. The molecule has 5 nitrogen and oxygen atoms in total. The van der Waals surface area contributed by atoms with Crippen LogP contribution >= 0.6 is 0 Å². The molecule has 0 aromatic heterocycles. The molecular formula is C14H19NO4S. The smallest absolute Gasteiger partial charge is 0.318 e. The molecule has 0 aliphatic rings. The maximum absolute atomic E-state index is 12.3. The highest BCUT2D eigenvalue weighted by Crippen LogP contribution is 2.19. The predicted octanol–water partition coefficient (Wildman–Crippen LogP) is 2.17. The van der Waals surface area contributed by atoms with Crippen molar-refractivity contribution in [3.63, 3.8) is 0 Å². The normalized spacial score (nSPS) is 13.0. The van der Waals surface area contributed by atoms with Crippen molar-refractivity contribution in [3.05, 3.63) is 41.3 Å². The van der Waals surface area contributed by atoms with Crippen LogP contribution in [0.4, 0.5) is 0 Å². The van der Waals surface area contributed by atoms with E-state index >= 15 is 0 Å². The number of hydrogen-bond donors (Lipinski definition) is 1. The maximum Gasteiger partial charge on any atom is 0.318 e. The minimum atomic E-state index is -3.80. The SMILES string of the molecule is CC(C)(C)N(CC(=O)O)S(=O)(=O)/C=C/c1ccccc1. The van der Waals surface area contributed by atoms with Crippen LogP contribution in [0.25, 0.3) is 6.08 Å². The van der Waals surface area contributed by atoms with Gasteiger partial charge >= 0.3 is 5.97 Å². The van der Waals surface area contributed by atoms with Gasteiger partial charge in [0.15, 0.2) is 0 Å². The minimum Gasteiger partial charge on any atom is -0.480 e. The van der Waals surface area contributed by atoms with E-state index in [4.69, 9.17) is 5.11 Å². The third-order valence-electron chi connectivity index (χ3n) is 2.57. The maximum atomic E-state index is 12.3. The number of sulfonamides is 1. The van der Waals surface area contributed by atoms with E-state index in [9.17, 15) is 13.2 Å². The molecule has 0 spiro atoms. The van der Waals surface area contributed by atoms with Gasteiger partial charge in [-0.1, -0.05) is 30.3 Å². The zero-order chi connectivity index (χ0) is 15.4. The van der Waals surface area contributed by atoms with Crippen molar-refractivity contribution in [1.82, 2.24) is 4.31 Å². The van der Waals surface area contributed by atoms with E-state index in [0.29, 0.717) is 0 Å². The molecule has 0 saturated heterocycles. The summed E-state index contributed by atoms with van der Waals surface area (Å²) in [5, 5.41) is 9.90. The predicted molar refractivity (Wildman–Crippen MR) is 78.5 cm³/mol. The summed E-state index contributed by atoms with van der Waals surface area (Å²) < 4.78 is 25.5. The number of carbonyl (C=O) groups is 1. The summed E-state index contributed by atoms with van der Waals surface area (Å²) in [5.74, 6) is -1.18. The molecule has 0 aliphatic heterocycles. The lowest BCUT2D eigenvalue weighted by Crippen LogP contribution is -2.47. The molecule has 0 aliphatic carbocycles. The van der Waals surface area contributed by atoms with Crippen molar-refractivity contribution >= 4 is 22.1 Å². The highest BCUT2D eigenvalue weighted by atomic mass is 32.2. The van der Waals surface area contributed by atoms with E-state index in [0.717, 1.165) is 15.3 Å². The van der Waals surface area contributed by atoms with Gasteiger partial charge in [-0.3, -0.25) is 4.79 Å². The first-order chi connectivity index (χ1) is 9.13. The molecule has 20 heavy (non-hydrogen) atoms. The lowest BCUT2D eigenvalue weighted by Gasteiger charge is -2.31. The Kier molecular flexibility index (Phi) is 5.08. The van der Waals surface area contributed by atoms with Gasteiger partial charge in [0.1, 0.15) is 6.54 Å². The summed E-state index contributed by atoms with van der Waals surface area (Å²) in [6.45, 7) is 4.41. The fourth-order valence-electron chi connectivity index (χ4n) is 1.63. The summed E-state index contributed by atoms with van der Waals surface area (Å²) in [6, 6.07) is 8.96. The second-order valence-electron chi connectivity index (χ2n) is 5.33. The zero-order valence-electron chi connectivity index (χ0n) is 11.8. The lowest BCUT2D eigenvalue weighted by atomic mass is 10.1. The van der Waals surface area contributed by atoms with Crippen LogP contribution in [0, 0.1) is 0 Å². The molecule has 110 valence electrons. The highest BCUT2D eigenvalue weighted by molar-refractivity contribution is 7.92. The first-order valence-corrected chi connectivity index (χ1v) is 7.61. The highest BCUT2D eigenvalue weighted by Gasteiger charge is 2.32. The number of rotatable bonds is 5. The van der Waals surface area contributed by atoms with E-state index < -0.39 is 28.1 Å². The number of benzene rings is 1. The number of carboxylic acid groups (broad SMARTS) is 1. The molecular weight excluding hydrogens is 278 g/mol. The molecule has 0 fully saturated rings. The molecule has 0 saturated carbocycles. The van der Waals surface area contributed by atoms with Crippen LogP contribution in [-0.4, -0.2) is 35.9 Å². The second-order valence-corrected chi connectivity index (χ2v) is 7.07. The van der Waals surface area contributed by atoms with E-state index in [1.54, 1.807) is 45.0 Å². The second kappa shape index (κ2) is 6.19. The van der Waals surface area contributed by atoms with Crippen LogP contribution in [0.3, 0.4) is 0 Å². The van der Waals surface area contributed by atoms with Gasteiger partial charge < -0.3 is 5.11 Å². The molecule has 1 aromatic carbocycles. The summed E-state index contributed by atoms with van der Waals surface area (Å²) >= 11 is 0. The number of hydrogen-bond acceptors (Lipinski definition) is 3. The molecule has 6 heteroatoms. The fourth-order valence-corrected chi connectivity index (χ4v) is 3.16. The van der Waals surface area contributed by atoms with Crippen molar-refractivity contribution < 1.29 is 18.3 Å². The molecule has 1 rings (SSSR count). The van der Waals surface area contributed by atoms with Crippen LogP contribution in [0.5, 0.6) is 0 Å². The van der Waals surface area contributed by atoms with Gasteiger partial charge in [-0.2, -0.15) is 4.31 Å². The van der Waals surface area contributed by atoms with Gasteiger partial charge in [-0.05, 0) is 32.4 Å². The standard InChI is InChI=1S/C14H19NO4S/c1-14(2,3)15(11-13(16)17)20(18,19)10-9-12-7-5-4-6-8-12/h4-10H,11H2,1-3H3,(H,16,17)/b10-9+. The topological polar surface area (TPSA) is 74.7 Å². The van der Waals surface area contributed by atoms with Gasteiger partial charge in [0.2, 0.25) is 10.0 Å². The van der Waals surface area contributed by atoms with Gasteiger partial charge in [0.25, 0.3) is 0 Å². The Morgan fingerprint density at radius 3 is 2.25 bits per heavy atom. The molecule has 0 atom stereocenters. The number of carboxylic acids is 1. The minimum absolute atomic E-state index is 0.565. The van der Waals surface area contributed by atoms with Gasteiger partial charge in [0, 0.05) is 10.9 Å². The number of nitrogens with zero attached hydrogens (tertiary/aromatic N) is 1. The van der Waals surface area contributed by atoms with E-state index in [1.807, 2.05) is 6.07 Å². The molecule has 0 heterocycles. The summed E-state index contributed by atoms with van der Waals surface area (Å²) in [6.07, 6.45) is 1.45. The molecule has 0 unspecified atom stereocenters. The zero-order valence-corrected chi connectivity index (χ0v) is 12.6. The van der Waals surface area contributed by atoms with Crippen molar-refractivity contribution in [1.29, 1.82) is 0 Å². The average molecular weight is 297 g/mol. The Labute approximate surface area is 119 Å². The fraction of sp³-hybridized carbons (Fsp3) is 0.357. The third kappa shape index (κ3) is 4.79. The molecule has 0 radical (unpaired) electrons. The van der Waals surface area contributed by atoms with Gasteiger partial charge in [-0.15, -0.1) is 0 Å². The number of aliphatic carboxylic acids is 1. The first kappa shape index (κ1) is 16.4. The molecule has 0 bridgehead atoms. The lowest BCUT2D eigenvalue weighted by molar-refractivity contribution is -0.138. The van der Waals surface area contributed by atoms with Crippen LogP contribution in [0.1, 0.15) is 26.3 Å². The van der Waals surface area contributed by atoms with Crippen LogP contribution in [-0.2, 0) is 14.8 Å². The van der Waals surface area contributed by atoms with Crippen molar-refractivity contribution in [3.8, 4) is 0 Å². The molecule has 0 amide bonds. The van der Waals surface area contributed by atoms with Crippen molar-refractivity contribution in [2.75, 3.05) is 6.54 Å². The van der Waals surface area contributed by atoms with Crippen molar-refractivity contribution in [2.24, 2.45) is 0 Å². The van der Waals surface area contributed by atoms with Crippen LogP contribution < -0.4 is 0 Å². The molecule has 1 aromatic rings. The Morgan fingerprint density at radius 1 is 1.25 bits per heavy atom. The summed E-state index contributed by atoms with van der Waals surface area (Å²) in [4.78, 5) is 10.8. The van der Waals surface area contributed by atoms with E-state index in [2.05, 4.69) is 0 Å². The monoisotopic (exact) mass is 297 g/mol. The summed E-state index contributed by atoms with van der Waals surface area (Å²) in [7, 11) is -3.80. The van der Waals surface area contributed by atoms with Crippen LogP contribution in [0.15, 0.2) is 35.7 Å². The largest absolute Gasteiger partial charge is 0.480 e. The Hall–Kier alpha value is -1.66. The van der Waals surface area contributed by atoms with E-state index in [-0.39, 0.29) is 0 Å². The third-order valence-corrected chi connectivity index (χ3v) is 4.34. The first-order valence-electron chi connectivity index (χ1n) is 6.11. The van der Waals surface area contributed by atoms with E-state index in [1.165, 1.54) is 6.08 Å². The average Bonchev–Trinajstić information content (AvgIpc) is 2.33. The Balaban J connectivity index is 3.06. The Morgan fingerprint density at radius 2 is 1.80 bits per heavy atom. The van der Waals surface area contributed by atoms with Gasteiger partial charge in [0.05, 0.1) is 0 Å².